The number of nitrogens with zero attached hydrogens (tertiary/aromatic N) is 4. The van der Waals surface area contributed by atoms with Crippen molar-refractivity contribution < 1.29 is 19.1 Å². The van der Waals surface area contributed by atoms with E-state index in [1.807, 2.05) is 18.2 Å². The lowest BCUT2D eigenvalue weighted by atomic mass is 10.0. The van der Waals surface area contributed by atoms with Crippen LogP contribution in [0.4, 0.5) is 5.82 Å². The minimum atomic E-state index is -0.576. The van der Waals surface area contributed by atoms with E-state index in [1.165, 1.54) is 69.1 Å². The molecular weight excluding hydrogens is 552 g/mol. The van der Waals surface area contributed by atoms with Crippen molar-refractivity contribution in [1.82, 2.24) is 14.8 Å². The highest BCUT2D eigenvalue weighted by Crippen LogP contribution is 2.24. The molecule has 0 radical (unpaired) electrons. The Morgan fingerprint density at radius 2 is 1.27 bits per heavy atom. The molecule has 4 rings (SSSR count). The second kappa shape index (κ2) is 18.5. The number of rotatable bonds is 20. The van der Waals surface area contributed by atoms with Gasteiger partial charge in [-0.25, -0.2) is 4.98 Å². The molecule has 2 aliphatic heterocycles. The smallest absolute Gasteiger partial charge is 0.306 e. The number of hydrogen-bond donors (Lipinski definition) is 0. The van der Waals surface area contributed by atoms with Crippen molar-refractivity contribution in [3.63, 3.8) is 0 Å². The molecule has 1 aromatic carbocycles. The van der Waals surface area contributed by atoms with Gasteiger partial charge in [-0.3, -0.25) is 24.2 Å². The zero-order valence-electron chi connectivity index (χ0n) is 26.8. The summed E-state index contributed by atoms with van der Waals surface area (Å²) in [5.41, 5.74) is 0.831. The third-order valence-corrected chi connectivity index (χ3v) is 8.85. The molecule has 8 nitrogen and oxygen atoms in total. The highest BCUT2D eigenvalue weighted by Gasteiger charge is 2.37. The number of fused-ring (bicyclic) bond motifs is 1. The summed E-state index contributed by atoms with van der Waals surface area (Å²) in [4.78, 5) is 49.3. The Kier molecular flexibility index (Phi) is 14.2. The Bertz CT molecular complexity index is 1130. The normalized spacial score (nSPS) is 15.9. The van der Waals surface area contributed by atoms with Crippen LogP contribution in [0.3, 0.4) is 0 Å². The van der Waals surface area contributed by atoms with Crippen molar-refractivity contribution in [2.75, 3.05) is 44.2 Å². The lowest BCUT2D eigenvalue weighted by molar-refractivity contribution is -0.150. The number of anilines is 1. The fourth-order valence-electron chi connectivity index (χ4n) is 6.26. The van der Waals surface area contributed by atoms with Crippen molar-refractivity contribution in [1.29, 1.82) is 0 Å². The Balaban J connectivity index is 1.20. The van der Waals surface area contributed by atoms with E-state index in [9.17, 15) is 14.4 Å². The van der Waals surface area contributed by atoms with Crippen molar-refractivity contribution >= 4 is 23.6 Å². The highest BCUT2D eigenvalue weighted by atomic mass is 16.5. The van der Waals surface area contributed by atoms with Gasteiger partial charge in [0.2, 0.25) is 0 Å². The van der Waals surface area contributed by atoms with Gasteiger partial charge in [0.15, 0.2) is 0 Å². The second-order valence-corrected chi connectivity index (χ2v) is 12.3. The van der Waals surface area contributed by atoms with Gasteiger partial charge in [0.1, 0.15) is 11.9 Å². The van der Waals surface area contributed by atoms with Crippen molar-refractivity contribution in [2.24, 2.45) is 0 Å². The van der Waals surface area contributed by atoms with E-state index < -0.39 is 6.10 Å². The van der Waals surface area contributed by atoms with Crippen LogP contribution in [0.25, 0.3) is 0 Å². The predicted molar refractivity (Wildman–Crippen MR) is 175 cm³/mol. The lowest BCUT2D eigenvalue weighted by Gasteiger charge is -2.37. The van der Waals surface area contributed by atoms with Crippen LogP contribution >= 0.6 is 0 Å². The van der Waals surface area contributed by atoms with E-state index >= 15 is 0 Å². The van der Waals surface area contributed by atoms with Gasteiger partial charge in [-0.1, -0.05) is 102 Å². The first-order chi connectivity index (χ1) is 21.6. The van der Waals surface area contributed by atoms with E-state index in [-0.39, 0.29) is 24.3 Å². The molecule has 0 aliphatic carbocycles. The Morgan fingerprint density at radius 1 is 0.727 bits per heavy atom. The van der Waals surface area contributed by atoms with Crippen molar-refractivity contribution in [3.8, 4) is 0 Å². The number of esters is 1. The number of imide groups is 1. The summed E-state index contributed by atoms with van der Waals surface area (Å²) in [5.74, 6) is 0.0759. The Labute approximate surface area is 264 Å². The van der Waals surface area contributed by atoms with Gasteiger partial charge in [0.05, 0.1) is 17.7 Å². The van der Waals surface area contributed by atoms with Crippen LogP contribution in [-0.2, 0) is 9.53 Å². The average molecular weight is 605 g/mol. The molecule has 2 aliphatic rings. The fourth-order valence-corrected chi connectivity index (χ4v) is 6.26. The van der Waals surface area contributed by atoms with Gasteiger partial charge < -0.3 is 9.64 Å². The number of carbonyl (C=O) groups excluding carboxylic acids is 3. The summed E-state index contributed by atoms with van der Waals surface area (Å²) >= 11 is 0. The number of ether oxygens (including phenoxy) is 1. The summed E-state index contributed by atoms with van der Waals surface area (Å²) in [6, 6.07) is 12.8. The first-order valence-corrected chi connectivity index (χ1v) is 17.1. The summed E-state index contributed by atoms with van der Waals surface area (Å²) < 4.78 is 5.98. The number of benzene rings is 1. The number of hydrogen-bond acceptors (Lipinski definition) is 7. The molecule has 0 saturated carbocycles. The molecule has 1 atom stereocenters. The zero-order chi connectivity index (χ0) is 31.0. The van der Waals surface area contributed by atoms with E-state index in [0.29, 0.717) is 24.1 Å². The molecule has 1 unspecified atom stereocenters. The van der Waals surface area contributed by atoms with Gasteiger partial charge in [-0.2, -0.15) is 0 Å². The van der Waals surface area contributed by atoms with Crippen LogP contribution in [0.2, 0.25) is 0 Å². The van der Waals surface area contributed by atoms with E-state index in [4.69, 9.17) is 4.74 Å². The quantitative estimate of drug-likeness (QED) is 0.0924. The summed E-state index contributed by atoms with van der Waals surface area (Å²) in [5, 5.41) is 0. The molecule has 2 amide bonds. The van der Waals surface area contributed by atoms with E-state index in [1.54, 1.807) is 30.5 Å². The molecule has 1 aromatic heterocycles. The van der Waals surface area contributed by atoms with Crippen LogP contribution in [0.15, 0.2) is 48.7 Å². The molecular formula is C36H52N4O4. The lowest BCUT2D eigenvalue weighted by Crippen LogP contribution is -2.51. The number of unbranched alkanes of at least 4 members (excludes halogenated alkanes) is 12. The molecule has 3 heterocycles. The monoisotopic (exact) mass is 604 g/mol. The maximum Gasteiger partial charge on any atom is 0.306 e. The number of piperazine rings is 1. The maximum absolute atomic E-state index is 13.1. The summed E-state index contributed by atoms with van der Waals surface area (Å²) in [6.07, 6.45) is 17.9. The average Bonchev–Trinajstić information content (AvgIpc) is 3.28. The van der Waals surface area contributed by atoms with Gasteiger partial charge in [-0.05, 0) is 30.7 Å². The predicted octanol–water partition coefficient (Wildman–Crippen LogP) is 6.89. The third-order valence-electron chi connectivity index (χ3n) is 8.85. The fraction of sp³-hybridized carbons (Fsp3) is 0.611. The van der Waals surface area contributed by atoms with E-state index in [2.05, 4.69) is 21.7 Å². The molecule has 44 heavy (non-hydrogen) atoms. The number of amides is 2. The van der Waals surface area contributed by atoms with E-state index in [0.717, 1.165) is 51.3 Å². The number of aromatic nitrogens is 1. The van der Waals surface area contributed by atoms with Gasteiger partial charge in [-0.15, -0.1) is 0 Å². The largest absolute Gasteiger partial charge is 0.459 e. The molecule has 0 N–H and O–H groups in total. The third kappa shape index (κ3) is 10.4. The first kappa shape index (κ1) is 33.6. The summed E-state index contributed by atoms with van der Waals surface area (Å²) in [6.45, 7) is 5.99. The second-order valence-electron chi connectivity index (χ2n) is 12.3. The first-order valence-electron chi connectivity index (χ1n) is 17.1. The molecule has 2 aromatic rings. The number of pyridine rings is 1. The minimum absolute atomic E-state index is 0.0666. The zero-order valence-corrected chi connectivity index (χ0v) is 26.8. The van der Waals surface area contributed by atoms with Crippen molar-refractivity contribution in [3.05, 3.63) is 59.8 Å². The van der Waals surface area contributed by atoms with Gasteiger partial charge in [0.25, 0.3) is 11.8 Å². The van der Waals surface area contributed by atoms with Gasteiger partial charge >= 0.3 is 5.97 Å². The maximum atomic E-state index is 13.1. The summed E-state index contributed by atoms with van der Waals surface area (Å²) in [7, 11) is 0. The molecule has 1 saturated heterocycles. The topological polar surface area (TPSA) is 83.1 Å². The Hall–Kier alpha value is -3.26. The van der Waals surface area contributed by atoms with Crippen molar-refractivity contribution in [2.45, 2.75) is 103 Å². The molecule has 0 bridgehead atoms. The van der Waals surface area contributed by atoms with Crippen LogP contribution in [0, 0.1) is 0 Å². The van der Waals surface area contributed by atoms with Crippen LogP contribution in [0.5, 0.6) is 0 Å². The molecule has 1 fully saturated rings. The minimum Gasteiger partial charge on any atom is -0.459 e. The highest BCUT2D eigenvalue weighted by molar-refractivity contribution is 6.21. The standard InChI is InChI=1S/C36H52N4O4/c1-2-3-4-5-6-7-8-9-10-11-12-13-14-22-34(41)44-30(29-40-35(42)31-19-15-16-20-32(31)36(40)43)28-38-24-26-39(27-25-38)33-21-17-18-23-37-33/h15-21,23,30H,2-14,22,24-29H2,1H3. The Morgan fingerprint density at radius 3 is 1.82 bits per heavy atom. The van der Waals surface area contributed by atoms with Crippen LogP contribution < -0.4 is 4.90 Å². The number of carbonyl (C=O) groups is 3. The van der Waals surface area contributed by atoms with Gasteiger partial charge in [0, 0.05) is 45.3 Å². The van der Waals surface area contributed by atoms with Crippen LogP contribution in [-0.4, -0.2) is 77.9 Å². The molecule has 240 valence electrons. The molecule has 0 spiro atoms. The molecule has 8 heteroatoms. The van der Waals surface area contributed by atoms with Crippen LogP contribution in [0.1, 0.15) is 118 Å². The SMILES string of the molecule is CCCCCCCCCCCCCCCC(=O)OC(CN1CCN(c2ccccn2)CC1)CN1C(=O)c2ccccc2C1=O.